The van der Waals surface area contributed by atoms with Crippen LogP contribution in [0.15, 0.2) is 64.5 Å². The standard InChI is InChI=1S/C22H19F2N3O/c1-13-11-14(2)25-22(28)21(13)18-12-20(15-7-9-16(23)10-8-15)27(26-18)19-6-4-3-5-17(19)24/h3-11,20H,12H2,1-2H3,(H,25,28). The molecule has 1 aliphatic heterocycles. The third-order valence-electron chi connectivity index (χ3n) is 4.92. The molecular weight excluding hydrogens is 360 g/mol. The molecule has 0 saturated heterocycles. The number of aromatic amines is 1. The number of para-hydroxylation sites is 1. The summed E-state index contributed by atoms with van der Waals surface area (Å²) >= 11 is 0. The number of halogens is 2. The first-order valence-electron chi connectivity index (χ1n) is 9.01. The van der Waals surface area contributed by atoms with Gasteiger partial charge in [0.1, 0.15) is 11.6 Å². The Hall–Kier alpha value is -3.28. The van der Waals surface area contributed by atoms with E-state index in [4.69, 9.17) is 0 Å². The van der Waals surface area contributed by atoms with Crippen LogP contribution in [0.2, 0.25) is 0 Å². The number of nitrogens with zero attached hydrogens (tertiary/aromatic N) is 2. The summed E-state index contributed by atoms with van der Waals surface area (Å²) in [6, 6.07) is 14.0. The van der Waals surface area contributed by atoms with Crippen LogP contribution in [0.1, 0.15) is 34.8 Å². The zero-order valence-electron chi connectivity index (χ0n) is 15.5. The van der Waals surface area contributed by atoms with Gasteiger partial charge in [-0.3, -0.25) is 9.80 Å². The highest BCUT2D eigenvalue weighted by molar-refractivity contribution is 6.04. The zero-order chi connectivity index (χ0) is 19.8. The fourth-order valence-corrected chi connectivity index (χ4v) is 3.68. The Morgan fingerprint density at radius 1 is 1.07 bits per heavy atom. The maximum atomic E-state index is 14.5. The predicted molar refractivity (Wildman–Crippen MR) is 106 cm³/mol. The highest BCUT2D eigenvalue weighted by Crippen LogP contribution is 2.37. The van der Waals surface area contributed by atoms with Crippen molar-refractivity contribution in [2.45, 2.75) is 26.3 Å². The third kappa shape index (κ3) is 3.22. The van der Waals surface area contributed by atoms with Gasteiger partial charge in [-0.05, 0) is 55.3 Å². The lowest BCUT2D eigenvalue weighted by molar-refractivity contribution is 0.603. The number of anilines is 1. The van der Waals surface area contributed by atoms with E-state index in [0.717, 1.165) is 16.8 Å². The third-order valence-corrected chi connectivity index (χ3v) is 4.92. The van der Waals surface area contributed by atoms with E-state index in [1.165, 1.54) is 18.2 Å². The van der Waals surface area contributed by atoms with Crippen LogP contribution in [0.3, 0.4) is 0 Å². The van der Waals surface area contributed by atoms with Crippen LogP contribution >= 0.6 is 0 Å². The largest absolute Gasteiger partial charge is 0.326 e. The predicted octanol–water partition coefficient (Wildman–Crippen LogP) is 4.63. The summed E-state index contributed by atoms with van der Waals surface area (Å²) in [5, 5.41) is 6.20. The first-order valence-corrected chi connectivity index (χ1v) is 9.01. The molecule has 1 aliphatic rings. The number of hydrogen-bond donors (Lipinski definition) is 1. The first-order chi connectivity index (χ1) is 13.4. The molecule has 0 radical (unpaired) electrons. The highest BCUT2D eigenvalue weighted by atomic mass is 19.1. The molecule has 0 amide bonds. The summed E-state index contributed by atoms with van der Waals surface area (Å²) in [5.74, 6) is -0.750. The number of rotatable bonds is 3. The van der Waals surface area contributed by atoms with Gasteiger partial charge in [-0.1, -0.05) is 24.3 Å². The SMILES string of the molecule is Cc1cc(C)c(C2=NN(c3ccccc3F)C(c3ccc(F)cc3)C2)c(=O)[nH]1. The van der Waals surface area contributed by atoms with Gasteiger partial charge in [0.05, 0.1) is 23.0 Å². The molecular formula is C22H19F2N3O. The van der Waals surface area contributed by atoms with Crippen molar-refractivity contribution in [1.82, 2.24) is 4.98 Å². The molecule has 6 heteroatoms. The Morgan fingerprint density at radius 2 is 1.79 bits per heavy atom. The monoisotopic (exact) mass is 379 g/mol. The Labute approximate surface area is 161 Å². The quantitative estimate of drug-likeness (QED) is 0.722. The van der Waals surface area contributed by atoms with Crippen molar-refractivity contribution >= 4 is 11.4 Å². The molecule has 2 heterocycles. The van der Waals surface area contributed by atoms with Crippen molar-refractivity contribution in [2.24, 2.45) is 5.10 Å². The maximum Gasteiger partial charge on any atom is 0.257 e. The number of hydrazone groups is 1. The van der Waals surface area contributed by atoms with E-state index in [9.17, 15) is 13.6 Å². The van der Waals surface area contributed by atoms with Crippen LogP contribution in [-0.2, 0) is 0 Å². The van der Waals surface area contributed by atoms with Gasteiger partial charge in [-0.2, -0.15) is 5.10 Å². The van der Waals surface area contributed by atoms with Gasteiger partial charge < -0.3 is 4.98 Å². The van der Waals surface area contributed by atoms with E-state index in [1.54, 1.807) is 35.3 Å². The Balaban J connectivity index is 1.84. The molecule has 0 fully saturated rings. The smallest absolute Gasteiger partial charge is 0.257 e. The van der Waals surface area contributed by atoms with Crippen molar-refractivity contribution in [3.05, 3.63) is 99.0 Å². The van der Waals surface area contributed by atoms with Crippen LogP contribution in [0, 0.1) is 25.5 Å². The lowest BCUT2D eigenvalue weighted by Gasteiger charge is -2.24. The second-order valence-corrected chi connectivity index (χ2v) is 6.95. The van der Waals surface area contributed by atoms with Crippen LogP contribution in [0.25, 0.3) is 0 Å². The fourth-order valence-electron chi connectivity index (χ4n) is 3.68. The number of pyridine rings is 1. The molecule has 1 atom stereocenters. The second kappa shape index (κ2) is 7.03. The van der Waals surface area contributed by atoms with Gasteiger partial charge in [0.2, 0.25) is 0 Å². The molecule has 2 aromatic carbocycles. The molecule has 142 valence electrons. The summed E-state index contributed by atoms with van der Waals surface area (Å²) in [4.78, 5) is 15.4. The molecule has 0 saturated carbocycles. The summed E-state index contributed by atoms with van der Waals surface area (Å²) in [6.45, 7) is 3.68. The molecule has 4 nitrogen and oxygen atoms in total. The number of H-pyrrole nitrogens is 1. The summed E-state index contributed by atoms with van der Waals surface area (Å²) in [7, 11) is 0. The van der Waals surface area contributed by atoms with E-state index < -0.39 is 5.82 Å². The molecule has 3 aromatic rings. The molecule has 0 bridgehead atoms. The first kappa shape index (κ1) is 18.1. The molecule has 1 N–H and O–H groups in total. The Bertz CT molecular complexity index is 1120. The normalized spacial score (nSPS) is 16.4. The van der Waals surface area contributed by atoms with Crippen LogP contribution in [-0.4, -0.2) is 10.7 Å². The van der Waals surface area contributed by atoms with E-state index in [0.29, 0.717) is 23.4 Å². The number of aromatic nitrogens is 1. The van der Waals surface area contributed by atoms with Crippen molar-refractivity contribution in [2.75, 3.05) is 5.01 Å². The summed E-state index contributed by atoms with van der Waals surface area (Å²) < 4.78 is 27.9. The second-order valence-electron chi connectivity index (χ2n) is 6.95. The zero-order valence-corrected chi connectivity index (χ0v) is 15.5. The van der Waals surface area contributed by atoms with Gasteiger partial charge in [0.15, 0.2) is 0 Å². The molecule has 4 rings (SSSR count). The van der Waals surface area contributed by atoms with Crippen molar-refractivity contribution in [3.8, 4) is 0 Å². The average Bonchev–Trinajstić information content (AvgIpc) is 3.06. The van der Waals surface area contributed by atoms with Crippen molar-refractivity contribution in [3.63, 3.8) is 0 Å². The topological polar surface area (TPSA) is 48.5 Å². The summed E-state index contributed by atoms with van der Waals surface area (Å²) in [6.07, 6.45) is 0.410. The van der Waals surface area contributed by atoms with E-state index in [1.807, 2.05) is 19.9 Å². The minimum atomic E-state index is -0.408. The number of aryl methyl sites for hydroxylation is 2. The fraction of sp³-hybridized carbons (Fsp3) is 0.182. The lowest BCUT2D eigenvalue weighted by Crippen LogP contribution is -2.20. The van der Waals surface area contributed by atoms with Crippen LogP contribution < -0.4 is 10.6 Å². The number of hydrogen-bond acceptors (Lipinski definition) is 3. The Morgan fingerprint density at radius 3 is 2.46 bits per heavy atom. The lowest BCUT2D eigenvalue weighted by atomic mass is 9.96. The highest BCUT2D eigenvalue weighted by Gasteiger charge is 2.32. The molecule has 1 aromatic heterocycles. The average molecular weight is 379 g/mol. The van der Waals surface area contributed by atoms with E-state index in [-0.39, 0.29) is 17.4 Å². The molecule has 1 unspecified atom stereocenters. The van der Waals surface area contributed by atoms with E-state index in [2.05, 4.69) is 10.1 Å². The van der Waals surface area contributed by atoms with Crippen molar-refractivity contribution < 1.29 is 8.78 Å². The number of benzene rings is 2. The van der Waals surface area contributed by atoms with Crippen LogP contribution in [0.4, 0.5) is 14.5 Å². The number of nitrogens with one attached hydrogen (secondary N) is 1. The maximum absolute atomic E-state index is 14.5. The van der Waals surface area contributed by atoms with Gasteiger partial charge in [0, 0.05) is 12.1 Å². The van der Waals surface area contributed by atoms with Gasteiger partial charge >= 0.3 is 0 Å². The minimum absolute atomic E-state index is 0.218. The van der Waals surface area contributed by atoms with Gasteiger partial charge in [-0.25, -0.2) is 8.78 Å². The molecule has 0 aliphatic carbocycles. The molecule has 28 heavy (non-hydrogen) atoms. The van der Waals surface area contributed by atoms with Crippen molar-refractivity contribution in [1.29, 1.82) is 0 Å². The van der Waals surface area contributed by atoms with E-state index >= 15 is 0 Å². The molecule has 0 spiro atoms. The minimum Gasteiger partial charge on any atom is -0.326 e. The van der Waals surface area contributed by atoms with Crippen LogP contribution in [0.5, 0.6) is 0 Å². The van der Waals surface area contributed by atoms with Gasteiger partial charge in [-0.15, -0.1) is 0 Å². The summed E-state index contributed by atoms with van der Waals surface area (Å²) in [5.41, 5.74) is 3.55. The Kier molecular flexibility index (Phi) is 4.55. The van der Waals surface area contributed by atoms with Gasteiger partial charge in [0.25, 0.3) is 5.56 Å².